The number of urea groups is 1. The second-order valence-electron chi connectivity index (χ2n) is 4.70. The van der Waals surface area contributed by atoms with Crippen LogP contribution in [0, 0.1) is 12.7 Å². The molecule has 5 N–H and O–H groups in total. The number of halogens is 2. The first-order chi connectivity index (χ1) is 11.0. The Labute approximate surface area is 146 Å². The molecular formula is C15H16BrFN4OS. The van der Waals surface area contributed by atoms with Crippen molar-refractivity contribution in [2.75, 3.05) is 5.32 Å². The van der Waals surface area contributed by atoms with Gasteiger partial charge in [-0.05, 0) is 58.2 Å². The van der Waals surface area contributed by atoms with Gasteiger partial charge in [0.15, 0.2) is 0 Å². The minimum absolute atomic E-state index is 0.259. The van der Waals surface area contributed by atoms with Gasteiger partial charge in [-0.2, -0.15) is 5.53 Å². The van der Waals surface area contributed by atoms with Crippen molar-refractivity contribution in [2.24, 2.45) is 5.84 Å². The van der Waals surface area contributed by atoms with Gasteiger partial charge >= 0.3 is 6.03 Å². The monoisotopic (exact) mass is 398 g/mol. The summed E-state index contributed by atoms with van der Waals surface area (Å²) in [6.07, 6.45) is 0. The number of rotatable bonds is 5. The van der Waals surface area contributed by atoms with Crippen LogP contribution in [0.4, 0.5) is 14.9 Å². The number of thioether (sulfide) groups is 1. The Hall–Kier alpha value is -1.61. The molecule has 23 heavy (non-hydrogen) atoms. The molecule has 0 bridgehead atoms. The summed E-state index contributed by atoms with van der Waals surface area (Å²) in [5, 5.41) is 2.70. The van der Waals surface area contributed by atoms with E-state index in [9.17, 15) is 9.18 Å². The fraction of sp³-hybridized carbons (Fsp3) is 0.133. The van der Waals surface area contributed by atoms with Gasteiger partial charge in [-0.3, -0.25) is 11.3 Å². The normalized spacial score (nSPS) is 10.4. The summed E-state index contributed by atoms with van der Waals surface area (Å²) < 4.78 is 14.2. The third-order valence-corrected chi connectivity index (χ3v) is 5.19. The number of carbonyl (C=O) groups is 1. The highest BCUT2D eigenvalue weighted by Gasteiger charge is 2.11. The second-order valence-corrected chi connectivity index (χ2v) is 6.54. The van der Waals surface area contributed by atoms with Crippen LogP contribution in [-0.2, 0) is 5.75 Å². The van der Waals surface area contributed by atoms with E-state index in [2.05, 4.69) is 32.2 Å². The van der Waals surface area contributed by atoms with Gasteiger partial charge in [0.05, 0.1) is 5.69 Å². The van der Waals surface area contributed by atoms with E-state index in [0.717, 1.165) is 20.5 Å². The van der Waals surface area contributed by atoms with Gasteiger partial charge in [-0.15, -0.1) is 11.8 Å². The molecule has 0 spiro atoms. The van der Waals surface area contributed by atoms with E-state index in [1.165, 1.54) is 23.9 Å². The average Bonchev–Trinajstić information content (AvgIpc) is 2.50. The van der Waals surface area contributed by atoms with Gasteiger partial charge in [0, 0.05) is 15.1 Å². The zero-order valence-electron chi connectivity index (χ0n) is 12.3. The van der Waals surface area contributed by atoms with Crippen LogP contribution in [0.1, 0.15) is 11.1 Å². The van der Waals surface area contributed by atoms with Gasteiger partial charge in [0.2, 0.25) is 0 Å². The van der Waals surface area contributed by atoms with E-state index in [1.54, 1.807) is 12.1 Å². The Balaban J connectivity index is 2.18. The largest absolute Gasteiger partial charge is 0.334 e. The van der Waals surface area contributed by atoms with E-state index < -0.39 is 6.03 Å². The Morgan fingerprint density at radius 2 is 2.13 bits per heavy atom. The van der Waals surface area contributed by atoms with Crippen LogP contribution in [0.2, 0.25) is 0 Å². The number of amides is 2. The Morgan fingerprint density at radius 3 is 2.87 bits per heavy atom. The number of hydrogen-bond donors (Lipinski definition) is 4. The van der Waals surface area contributed by atoms with E-state index >= 15 is 0 Å². The van der Waals surface area contributed by atoms with Crippen LogP contribution < -0.4 is 22.1 Å². The molecule has 0 atom stereocenters. The SMILES string of the molecule is Cc1ccc(F)cc1CSc1c(Br)cccc1NC(=O)NNN. The highest BCUT2D eigenvalue weighted by Crippen LogP contribution is 2.36. The molecule has 0 aliphatic heterocycles. The lowest BCUT2D eigenvalue weighted by Gasteiger charge is -2.13. The van der Waals surface area contributed by atoms with Crippen molar-refractivity contribution >= 4 is 39.4 Å². The van der Waals surface area contributed by atoms with Gasteiger partial charge < -0.3 is 5.32 Å². The van der Waals surface area contributed by atoms with Gasteiger partial charge in [0.1, 0.15) is 5.82 Å². The van der Waals surface area contributed by atoms with Crippen molar-refractivity contribution in [1.29, 1.82) is 0 Å². The number of benzene rings is 2. The minimum Gasteiger partial charge on any atom is -0.306 e. The number of aryl methyl sites for hydroxylation is 1. The molecule has 2 aromatic rings. The Kier molecular flexibility index (Phi) is 6.40. The molecule has 8 heteroatoms. The summed E-state index contributed by atoms with van der Waals surface area (Å²) in [6.45, 7) is 1.94. The lowest BCUT2D eigenvalue weighted by Crippen LogP contribution is -2.44. The molecule has 0 saturated heterocycles. The summed E-state index contributed by atoms with van der Waals surface area (Å²) in [6, 6.07) is 9.72. The highest BCUT2D eigenvalue weighted by molar-refractivity contribution is 9.10. The van der Waals surface area contributed by atoms with Crippen molar-refractivity contribution in [3.05, 3.63) is 57.8 Å². The van der Waals surface area contributed by atoms with Crippen molar-refractivity contribution < 1.29 is 9.18 Å². The Bertz CT molecular complexity index is 714. The molecule has 0 saturated carbocycles. The molecule has 122 valence electrons. The maximum Gasteiger partial charge on any atom is 0.334 e. The number of hydrogen-bond acceptors (Lipinski definition) is 4. The second kappa shape index (κ2) is 8.30. The molecule has 2 aromatic carbocycles. The maximum absolute atomic E-state index is 13.4. The molecule has 0 aromatic heterocycles. The summed E-state index contributed by atoms with van der Waals surface area (Å²) in [7, 11) is 0. The molecule has 2 rings (SSSR count). The van der Waals surface area contributed by atoms with Crippen LogP contribution in [0.5, 0.6) is 0 Å². The number of hydrazine groups is 2. The summed E-state index contributed by atoms with van der Waals surface area (Å²) in [5.41, 5.74) is 6.86. The van der Waals surface area contributed by atoms with E-state index in [1.807, 2.05) is 19.1 Å². The van der Waals surface area contributed by atoms with Crippen LogP contribution in [-0.4, -0.2) is 6.03 Å². The average molecular weight is 399 g/mol. The molecule has 0 heterocycles. The minimum atomic E-state index is -0.477. The predicted octanol–water partition coefficient (Wildman–Crippen LogP) is 3.69. The van der Waals surface area contributed by atoms with Crippen molar-refractivity contribution in [2.45, 2.75) is 17.6 Å². The lowest BCUT2D eigenvalue weighted by molar-refractivity contribution is 0.248. The summed E-state index contributed by atoms with van der Waals surface area (Å²) in [4.78, 5) is 12.5. The quantitative estimate of drug-likeness (QED) is 0.351. The molecule has 0 fully saturated rings. The van der Waals surface area contributed by atoms with Gasteiger partial charge in [-0.1, -0.05) is 12.1 Å². The smallest absolute Gasteiger partial charge is 0.306 e. The first-order valence-electron chi connectivity index (χ1n) is 6.70. The number of carbonyl (C=O) groups excluding carboxylic acids is 1. The third kappa shape index (κ3) is 4.93. The third-order valence-electron chi connectivity index (χ3n) is 3.08. The fourth-order valence-corrected chi connectivity index (χ4v) is 3.72. The maximum atomic E-state index is 13.4. The number of nitrogens with two attached hydrogens (primary N) is 1. The van der Waals surface area contributed by atoms with Crippen molar-refractivity contribution in [3.63, 3.8) is 0 Å². The van der Waals surface area contributed by atoms with Crippen LogP contribution in [0.25, 0.3) is 0 Å². The molecular weight excluding hydrogens is 383 g/mol. The number of nitrogens with one attached hydrogen (secondary N) is 3. The molecule has 0 unspecified atom stereocenters. The van der Waals surface area contributed by atoms with Crippen molar-refractivity contribution in [1.82, 2.24) is 11.0 Å². The van der Waals surface area contributed by atoms with Gasteiger partial charge in [-0.25, -0.2) is 9.18 Å². The predicted molar refractivity (Wildman–Crippen MR) is 94.3 cm³/mol. The highest BCUT2D eigenvalue weighted by atomic mass is 79.9. The zero-order valence-corrected chi connectivity index (χ0v) is 14.7. The van der Waals surface area contributed by atoms with E-state index in [4.69, 9.17) is 5.84 Å². The molecule has 2 amide bonds. The first-order valence-corrected chi connectivity index (χ1v) is 8.48. The molecule has 0 aliphatic carbocycles. The van der Waals surface area contributed by atoms with E-state index in [-0.39, 0.29) is 5.82 Å². The molecule has 5 nitrogen and oxygen atoms in total. The van der Waals surface area contributed by atoms with Crippen molar-refractivity contribution in [3.8, 4) is 0 Å². The van der Waals surface area contributed by atoms with E-state index in [0.29, 0.717) is 11.4 Å². The lowest BCUT2D eigenvalue weighted by atomic mass is 10.1. The summed E-state index contributed by atoms with van der Waals surface area (Å²) in [5.74, 6) is 5.37. The molecule has 0 aliphatic rings. The summed E-state index contributed by atoms with van der Waals surface area (Å²) >= 11 is 4.98. The Morgan fingerprint density at radius 1 is 1.35 bits per heavy atom. The van der Waals surface area contributed by atoms with Crippen LogP contribution in [0.3, 0.4) is 0 Å². The van der Waals surface area contributed by atoms with Gasteiger partial charge in [0.25, 0.3) is 0 Å². The van der Waals surface area contributed by atoms with Crippen LogP contribution in [0.15, 0.2) is 45.8 Å². The van der Waals surface area contributed by atoms with Crippen LogP contribution >= 0.6 is 27.7 Å². The number of anilines is 1. The molecule has 0 radical (unpaired) electrons. The standard InChI is InChI=1S/C15H16BrFN4OS/c1-9-5-6-11(17)7-10(9)8-23-14-12(16)3-2-4-13(14)19-15(22)20-21-18/h2-7,21H,8,18H2,1H3,(H2,19,20,22). The first kappa shape index (κ1) is 17.7. The fourth-order valence-electron chi connectivity index (χ4n) is 1.92. The topological polar surface area (TPSA) is 79.2 Å². The zero-order chi connectivity index (χ0) is 16.8.